The average Bonchev–Trinajstić information content (AvgIpc) is 3.02. The monoisotopic (exact) mass is 666 g/mol. The molecule has 44 heavy (non-hydrogen) atoms. The fraction of sp³-hybridized carbons (Fsp3) is 0.194. The van der Waals surface area contributed by atoms with E-state index >= 15 is 0 Å². The molecule has 0 saturated carbocycles. The molecule has 2 aliphatic heterocycles. The normalized spacial score (nSPS) is 16.7. The van der Waals surface area contributed by atoms with Gasteiger partial charge in [0, 0.05) is 22.9 Å². The predicted molar refractivity (Wildman–Crippen MR) is 177 cm³/mol. The van der Waals surface area contributed by atoms with Gasteiger partial charge in [0.25, 0.3) is 4.45 Å². The lowest BCUT2D eigenvalue weighted by molar-refractivity contribution is 0.276. The van der Waals surface area contributed by atoms with Gasteiger partial charge >= 0.3 is 0 Å². The zero-order valence-corrected chi connectivity index (χ0v) is 27.2. The number of nitrogens with zero attached hydrogens (tertiary/aromatic N) is 2. The molecule has 0 saturated heterocycles. The Balaban J connectivity index is 1.29. The number of rotatable bonds is 6. The quantitative estimate of drug-likeness (QED) is 0.233. The molecule has 0 unspecified atom stereocenters. The third-order valence-electron chi connectivity index (χ3n) is 7.62. The minimum absolute atomic E-state index is 0.182. The SMILES string of the molecule is CCN1CNS(=O)(=O)c2cc(-c3ccccc3SC(=O)Sc3ccccc3-c3ccc4c(c3)S(=O)(=O)NCN4CC)ccc21. The van der Waals surface area contributed by atoms with Gasteiger partial charge in [-0.05, 0) is 96.0 Å². The van der Waals surface area contributed by atoms with Gasteiger partial charge in [-0.15, -0.1) is 0 Å². The van der Waals surface area contributed by atoms with Gasteiger partial charge in [0.05, 0.1) is 24.7 Å². The maximum Gasteiger partial charge on any atom is 0.255 e. The highest BCUT2D eigenvalue weighted by atomic mass is 32.2. The van der Waals surface area contributed by atoms with Crippen molar-refractivity contribution in [2.24, 2.45) is 0 Å². The Kier molecular flexibility index (Phi) is 8.52. The van der Waals surface area contributed by atoms with Crippen LogP contribution in [-0.2, 0) is 20.0 Å². The molecule has 0 radical (unpaired) electrons. The van der Waals surface area contributed by atoms with E-state index in [0.717, 1.165) is 34.7 Å². The maximum absolute atomic E-state index is 13.5. The Morgan fingerprint density at radius 2 is 1.07 bits per heavy atom. The first-order valence-corrected chi connectivity index (χ1v) is 18.6. The van der Waals surface area contributed by atoms with Crippen LogP contribution < -0.4 is 19.2 Å². The second-order valence-electron chi connectivity index (χ2n) is 10.1. The molecule has 0 aromatic heterocycles. The number of fused-ring (bicyclic) bond motifs is 2. The molecular formula is C31H30N4O5S4. The third kappa shape index (κ3) is 5.87. The minimum atomic E-state index is -3.65. The van der Waals surface area contributed by atoms with Crippen LogP contribution in [0.15, 0.2) is 105 Å². The highest BCUT2D eigenvalue weighted by molar-refractivity contribution is 8.38. The molecule has 0 amide bonds. The Morgan fingerprint density at radius 1 is 0.659 bits per heavy atom. The molecule has 2 aliphatic rings. The molecule has 0 atom stereocenters. The van der Waals surface area contributed by atoms with Crippen LogP contribution >= 0.6 is 23.5 Å². The number of hydrogen-bond donors (Lipinski definition) is 2. The Hall–Kier alpha value is -3.33. The van der Waals surface area contributed by atoms with E-state index in [2.05, 4.69) is 9.44 Å². The van der Waals surface area contributed by atoms with Gasteiger partial charge in [-0.3, -0.25) is 4.79 Å². The van der Waals surface area contributed by atoms with Crippen molar-refractivity contribution >= 4 is 59.4 Å². The summed E-state index contributed by atoms with van der Waals surface area (Å²) in [4.78, 5) is 19.2. The summed E-state index contributed by atoms with van der Waals surface area (Å²) in [6.45, 7) is 5.69. The topological polar surface area (TPSA) is 116 Å². The molecule has 6 rings (SSSR count). The zero-order chi connectivity index (χ0) is 31.1. The number of carbonyl (C=O) groups is 1. The summed E-state index contributed by atoms with van der Waals surface area (Å²) < 4.78 is 56.4. The Bertz CT molecular complexity index is 1840. The van der Waals surface area contributed by atoms with E-state index < -0.39 is 20.0 Å². The third-order valence-corrected chi connectivity index (χ3v) is 12.4. The number of sulfonamides is 2. The van der Waals surface area contributed by atoms with E-state index in [1.165, 1.54) is 0 Å². The average molecular weight is 667 g/mol. The summed E-state index contributed by atoms with van der Waals surface area (Å²) in [5.74, 6) is 0. The molecule has 4 aromatic carbocycles. The van der Waals surface area contributed by atoms with Crippen molar-refractivity contribution < 1.29 is 21.6 Å². The number of anilines is 2. The fourth-order valence-electron chi connectivity index (χ4n) is 5.32. The maximum atomic E-state index is 13.5. The lowest BCUT2D eigenvalue weighted by Gasteiger charge is -2.30. The standard InChI is InChI=1S/C31H30N4O5S4/c1-3-34-19-32-43(37,38)29-17-21(13-15-25(29)34)23-9-5-7-11-27(23)41-31(36)42-28-12-8-6-10-24(28)22-14-16-26-30(18-22)44(39,40)33-20-35(26)4-2/h5-18,32-33H,3-4,19-20H2,1-2H3. The van der Waals surface area contributed by atoms with Crippen molar-refractivity contribution in [3.63, 3.8) is 0 Å². The molecule has 4 aromatic rings. The van der Waals surface area contributed by atoms with Crippen molar-refractivity contribution in [2.75, 3.05) is 36.2 Å². The van der Waals surface area contributed by atoms with E-state index in [-0.39, 0.29) is 27.6 Å². The highest BCUT2D eigenvalue weighted by Gasteiger charge is 2.29. The van der Waals surface area contributed by atoms with Crippen molar-refractivity contribution in [3.05, 3.63) is 84.9 Å². The van der Waals surface area contributed by atoms with E-state index in [4.69, 9.17) is 0 Å². The van der Waals surface area contributed by atoms with Gasteiger partial charge in [0.2, 0.25) is 20.0 Å². The Labute approximate surface area is 266 Å². The van der Waals surface area contributed by atoms with Crippen LogP contribution in [0.1, 0.15) is 13.8 Å². The number of benzene rings is 4. The van der Waals surface area contributed by atoms with Crippen molar-refractivity contribution in [3.8, 4) is 22.3 Å². The summed E-state index contributed by atoms with van der Waals surface area (Å²) >= 11 is 2.14. The van der Waals surface area contributed by atoms with E-state index in [9.17, 15) is 21.6 Å². The molecule has 0 fully saturated rings. The van der Waals surface area contributed by atoms with Crippen LogP contribution in [0.4, 0.5) is 16.2 Å². The summed E-state index contributed by atoms with van der Waals surface area (Å²) in [5.41, 5.74) is 4.18. The van der Waals surface area contributed by atoms with Gasteiger partial charge in [-0.2, -0.15) is 9.44 Å². The molecule has 0 bridgehead atoms. The van der Waals surface area contributed by atoms with Gasteiger partial charge in [0.15, 0.2) is 0 Å². The molecule has 13 heteroatoms. The lowest BCUT2D eigenvalue weighted by Crippen LogP contribution is -2.42. The molecule has 9 nitrogen and oxygen atoms in total. The first-order chi connectivity index (χ1) is 21.1. The second kappa shape index (κ2) is 12.2. The highest BCUT2D eigenvalue weighted by Crippen LogP contribution is 2.42. The van der Waals surface area contributed by atoms with Crippen LogP contribution in [-0.4, -0.2) is 47.7 Å². The number of thioether (sulfide) groups is 2. The van der Waals surface area contributed by atoms with Gasteiger partial charge in [-0.1, -0.05) is 48.5 Å². The summed E-state index contributed by atoms with van der Waals surface area (Å²) in [6, 6.07) is 25.5. The van der Waals surface area contributed by atoms with Crippen LogP contribution in [0.25, 0.3) is 22.3 Å². The van der Waals surface area contributed by atoms with Crippen LogP contribution in [0.5, 0.6) is 0 Å². The molecule has 0 spiro atoms. The molecule has 2 N–H and O–H groups in total. The van der Waals surface area contributed by atoms with Crippen molar-refractivity contribution in [1.29, 1.82) is 0 Å². The van der Waals surface area contributed by atoms with Gasteiger partial charge in [-0.25, -0.2) is 16.8 Å². The van der Waals surface area contributed by atoms with Crippen LogP contribution in [0, 0.1) is 0 Å². The van der Waals surface area contributed by atoms with Crippen molar-refractivity contribution in [2.45, 2.75) is 33.4 Å². The fourth-order valence-corrected chi connectivity index (χ4v) is 9.74. The minimum Gasteiger partial charge on any atom is -0.357 e. The number of carbonyl (C=O) groups excluding carboxylic acids is 1. The van der Waals surface area contributed by atoms with Crippen LogP contribution in [0.2, 0.25) is 0 Å². The zero-order valence-electron chi connectivity index (χ0n) is 24.0. The molecule has 228 valence electrons. The smallest absolute Gasteiger partial charge is 0.255 e. The van der Waals surface area contributed by atoms with Gasteiger partial charge < -0.3 is 9.80 Å². The molecule has 0 aliphatic carbocycles. The second-order valence-corrected chi connectivity index (χ2v) is 15.9. The molecular weight excluding hydrogens is 637 g/mol. The Morgan fingerprint density at radius 3 is 1.48 bits per heavy atom. The molecule has 2 heterocycles. The number of hydrogen-bond acceptors (Lipinski definition) is 9. The first kappa shape index (κ1) is 30.7. The summed E-state index contributed by atoms with van der Waals surface area (Å²) in [7, 11) is -7.31. The van der Waals surface area contributed by atoms with E-state index in [1.807, 2.05) is 96.4 Å². The van der Waals surface area contributed by atoms with Crippen molar-refractivity contribution in [1.82, 2.24) is 9.44 Å². The summed E-state index contributed by atoms with van der Waals surface area (Å²) in [6.07, 6.45) is 0. The van der Waals surface area contributed by atoms with E-state index in [0.29, 0.717) is 45.4 Å². The van der Waals surface area contributed by atoms with E-state index in [1.54, 1.807) is 12.1 Å². The predicted octanol–water partition coefficient (Wildman–Crippen LogP) is 6.18. The first-order valence-electron chi connectivity index (χ1n) is 14.0. The largest absolute Gasteiger partial charge is 0.357 e. The lowest BCUT2D eigenvalue weighted by atomic mass is 10.0. The number of nitrogens with one attached hydrogen (secondary N) is 2. The van der Waals surface area contributed by atoms with Crippen LogP contribution in [0.3, 0.4) is 0 Å². The summed E-state index contributed by atoms with van der Waals surface area (Å²) in [5, 5.41) is 0. The van der Waals surface area contributed by atoms with Gasteiger partial charge in [0.1, 0.15) is 9.79 Å².